The van der Waals surface area contributed by atoms with Crippen molar-refractivity contribution >= 4 is 17.5 Å². The Balaban J connectivity index is 1.76. The van der Waals surface area contributed by atoms with Gasteiger partial charge in [0.15, 0.2) is 0 Å². The molecule has 37 heavy (non-hydrogen) atoms. The van der Waals surface area contributed by atoms with Crippen LogP contribution in [-0.4, -0.2) is 84.7 Å². The molecule has 2 aliphatic rings. The lowest BCUT2D eigenvalue weighted by Crippen LogP contribution is -2.60. The molecule has 0 spiro atoms. The Morgan fingerprint density at radius 2 is 1.89 bits per heavy atom. The number of nitrogens with zero attached hydrogens (tertiary/aromatic N) is 2. The van der Waals surface area contributed by atoms with Crippen molar-refractivity contribution in [2.75, 3.05) is 44.9 Å². The van der Waals surface area contributed by atoms with Gasteiger partial charge in [-0.15, -0.1) is 0 Å². The Kier molecular flexibility index (Phi) is 10.1. The van der Waals surface area contributed by atoms with Gasteiger partial charge in [0.25, 0.3) is 5.91 Å². The fourth-order valence-corrected chi connectivity index (χ4v) is 4.77. The first-order valence-electron chi connectivity index (χ1n) is 13.5. The summed E-state index contributed by atoms with van der Waals surface area (Å²) in [6.07, 6.45) is 2.47. The highest BCUT2D eigenvalue weighted by Gasteiger charge is 2.39. The van der Waals surface area contributed by atoms with Crippen LogP contribution in [0.25, 0.3) is 0 Å². The summed E-state index contributed by atoms with van der Waals surface area (Å²) in [5.74, 6) is 0.433. The lowest BCUT2D eigenvalue weighted by Gasteiger charge is -2.40. The highest BCUT2D eigenvalue weighted by molar-refractivity contribution is 5.98. The number of aliphatic hydroxyl groups is 2. The molecular formula is C27H44N4O6. The molecule has 1 unspecified atom stereocenters. The Bertz CT molecular complexity index is 916. The van der Waals surface area contributed by atoms with E-state index >= 15 is 0 Å². The minimum absolute atomic E-state index is 0.143. The van der Waals surface area contributed by atoms with Gasteiger partial charge in [0.05, 0.1) is 25.4 Å². The van der Waals surface area contributed by atoms with Crippen LogP contribution in [0.3, 0.4) is 0 Å². The highest BCUT2D eigenvalue weighted by atomic mass is 16.5. The topological polar surface area (TPSA) is 133 Å². The fraction of sp³-hybridized carbons (Fsp3) is 0.741. The second kappa shape index (κ2) is 12.9. The standard InChI is InChI=1S/C27H44N4O6/c1-6-27(7-2,26(35)28-20(15-33)10-17(3)4)30-24(34)22-8-9-23(31-12-21(13-31)36-5)25(29-22)37-16-19-11-18(19)14-32/h8-9,17-21,32-33H,6-7,10-16H2,1-5H3,(H,28,35)(H,30,34)/t18-,19-,20?/m1/s1. The van der Waals surface area contributed by atoms with Gasteiger partial charge in [0.1, 0.15) is 16.9 Å². The molecule has 0 bridgehead atoms. The second-order valence-electron chi connectivity index (χ2n) is 10.8. The summed E-state index contributed by atoms with van der Waals surface area (Å²) >= 11 is 0. The zero-order chi connectivity index (χ0) is 27.2. The number of methoxy groups -OCH3 is 1. The number of ether oxygens (including phenoxy) is 2. The van der Waals surface area contributed by atoms with Crippen LogP contribution in [0.4, 0.5) is 5.69 Å². The van der Waals surface area contributed by atoms with E-state index in [1.54, 1.807) is 13.2 Å². The number of nitrogens with one attached hydrogen (secondary N) is 2. The van der Waals surface area contributed by atoms with E-state index in [1.807, 2.05) is 33.8 Å². The Hall–Kier alpha value is -2.43. The average Bonchev–Trinajstić information content (AvgIpc) is 3.63. The van der Waals surface area contributed by atoms with Gasteiger partial charge in [-0.2, -0.15) is 0 Å². The van der Waals surface area contributed by atoms with E-state index in [0.29, 0.717) is 50.8 Å². The van der Waals surface area contributed by atoms with E-state index in [4.69, 9.17) is 9.47 Å². The Morgan fingerprint density at radius 3 is 2.43 bits per heavy atom. The predicted octanol–water partition coefficient (Wildman–Crippen LogP) is 1.74. The van der Waals surface area contributed by atoms with Crippen LogP contribution in [0, 0.1) is 17.8 Å². The van der Waals surface area contributed by atoms with Crippen LogP contribution in [-0.2, 0) is 9.53 Å². The number of pyridine rings is 1. The summed E-state index contributed by atoms with van der Waals surface area (Å²) in [5.41, 5.74) is -0.175. The molecule has 208 valence electrons. The smallest absolute Gasteiger partial charge is 0.270 e. The third kappa shape index (κ3) is 7.12. The quantitative estimate of drug-likeness (QED) is 0.275. The van der Waals surface area contributed by atoms with Crippen molar-refractivity contribution in [3.05, 3.63) is 17.8 Å². The maximum absolute atomic E-state index is 13.4. The first-order valence-corrected chi connectivity index (χ1v) is 13.5. The number of anilines is 1. The molecule has 3 rings (SSSR count). The van der Waals surface area contributed by atoms with Crippen molar-refractivity contribution in [3.8, 4) is 5.88 Å². The average molecular weight is 521 g/mol. The van der Waals surface area contributed by atoms with Gasteiger partial charge >= 0.3 is 0 Å². The van der Waals surface area contributed by atoms with Crippen molar-refractivity contribution in [2.24, 2.45) is 17.8 Å². The monoisotopic (exact) mass is 520 g/mol. The SMILES string of the molecule is CCC(CC)(NC(=O)c1ccc(N2CC(OC)C2)c(OC[C@H]2C[C@@H]2CO)n1)C(=O)NC(CO)CC(C)C. The van der Waals surface area contributed by atoms with Gasteiger partial charge in [-0.05, 0) is 55.6 Å². The number of rotatable bonds is 15. The summed E-state index contributed by atoms with van der Waals surface area (Å²) in [6.45, 7) is 9.59. The molecule has 10 heteroatoms. The molecule has 1 aromatic heterocycles. The van der Waals surface area contributed by atoms with Crippen LogP contribution >= 0.6 is 0 Å². The third-order valence-corrected chi connectivity index (χ3v) is 7.64. The van der Waals surface area contributed by atoms with Crippen molar-refractivity contribution < 1.29 is 29.3 Å². The lowest BCUT2D eigenvalue weighted by atomic mass is 9.90. The van der Waals surface area contributed by atoms with Gasteiger partial charge in [-0.3, -0.25) is 9.59 Å². The number of aromatic nitrogens is 1. The van der Waals surface area contributed by atoms with Gasteiger partial charge in [0, 0.05) is 26.8 Å². The van der Waals surface area contributed by atoms with E-state index in [0.717, 1.165) is 12.1 Å². The molecule has 1 aromatic rings. The van der Waals surface area contributed by atoms with Crippen molar-refractivity contribution in [2.45, 2.75) is 71.1 Å². The molecule has 1 saturated carbocycles. The maximum atomic E-state index is 13.4. The van der Waals surface area contributed by atoms with Crippen LogP contribution in [0.1, 0.15) is 63.9 Å². The molecule has 3 atom stereocenters. The fourth-order valence-electron chi connectivity index (χ4n) is 4.77. The van der Waals surface area contributed by atoms with Crippen molar-refractivity contribution in [3.63, 3.8) is 0 Å². The first-order chi connectivity index (χ1) is 17.7. The zero-order valence-electron chi connectivity index (χ0n) is 22.8. The lowest BCUT2D eigenvalue weighted by molar-refractivity contribution is -0.128. The maximum Gasteiger partial charge on any atom is 0.270 e. The summed E-state index contributed by atoms with van der Waals surface area (Å²) in [7, 11) is 1.68. The molecule has 2 heterocycles. The second-order valence-corrected chi connectivity index (χ2v) is 10.8. The van der Waals surface area contributed by atoms with E-state index in [2.05, 4.69) is 20.5 Å². The minimum Gasteiger partial charge on any atom is -0.476 e. The van der Waals surface area contributed by atoms with Crippen LogP contribution in [0.5, 0.6) is 5.88 Å². The molecule has 4 N–H and O–H groups in total. The molecule has 1 aliphatic carbocycles. The van der Waals surface area contributed by atoms with Gasteiger partial charge in [0.2, 0.25) is 11.8 Å². The molecule has 2 amide bonds. The Labute approximate surface area is 220 Å². The molecule has 1 saturated heterocycles. The highest BCUT2D eigenvalue weighted by Crippen LogP contribution is 2.39. The third-order valence-electron chi connectivity index (χ3n) is 7.64. The molecule has 0 radical (unpaired) electrons. The number of hydrogen-bond acceptors (Lipinski definition) is 8. The zero-order valence-corrected chi connectivity index (χ0v) is 22.8. The largest absolute Gasteiger partial charge is 0.476 e. The Morgan fingerprint density at radius 1 is 1.19 bits per heavy atom. The van der Waals surface area contributed by atoms with Crippen LogP contribution in [0.15, 0.2) is 12.1 Å². The van der Waals surface area contributed by atoms with Crippen LogP contribution in [0.2, 0.25) is 0 Å². The van der Waals surface area contributed by atoms with E-state index in [9.17, 15) is 19.8 Å². The number of hydrogen-bond donors (Lipinski definition) is 4. The number of carbonyl (C=O) groups excluding carboxylic acids is 2. The van der Waals surface area contributed by atoms with E-state index in [1.165, 1.54) is 0 Å². The first kappa shape index (κ1) is 29.1. The summed E-state index contributed by atoms with van der Waals surface area (Å²) < 4.78 is 11.4. The number of carbonyl (C=O) groups is 2. The van der Waals surface area contributed by atoms with Gasteiger partial charge in [-0.1, -0.05) is 27.7 Å². The van der Waals surface area contributed by atoms with Crippen LogP contribution < -0.4 is 20.3 Å². The summed E-state index contributed by atoms with van der Waals surface area (Å²) in [4.78, 5) is 33.3. The van der Waals surface area contributed by atoms with Crippen molar-refractivity contribution in [1.82, 2.24) is 15.6 Å². The van der Waals surface area contributed by atoms with E-state index < -0.39 is 11.4 Å². The number of aliphatic hydroxyl groups excluding tert-OH is 2. The molecule has 2 fully saturated rings. The normalized spacial score (nSPS) is 20.4. The molecule has 10 nitrogen and oxygen atoms in total. The summed E-state index contributed by atoms with van der Waals surface area (Å²) in [6, 6.07) is 3.09. The number of amides is 2. The van der Waals surface area contributed by atoms with Gasteiger partial charge < -0.3 is 35.2 Å². The minimum atomic E-state index is -1.13. The van der Waals surface area contributed by atoms with Gasteiger partial charge in [-0.25, -0.2) is 4.98 Å². The molecule has 1 aliphatic heterocycles. The van der Waals surface area contributed by atoms with Crippen molar-refractivity contribution in [1.29, 1.82) is 0 Å². The van der Waals surface area contributed by atoms with E-state index in [-0.39, 0.29) is 48.8 Å². The predicted molar refractivity (Wildman–Crippen MR) is 141 cm³/mol. The summed E-state index contributed by atoms with van der Waals surface area (Å²) in [5, 5.41) is 24.9. The molecular weight excluding hydrogens is 476 g/mol. The molecule has 0 aromatic carbocycles.